The normalized spacial score (nSPS) is 21.4. The third-order valence-electron chi connectivity index (χ3n) is 5.41. The molecule has 1 saturated carbocycles. The Balaban J connectivity index is 1.55. The molecule has 142 valence electrons. The number of hydrogen-bond donors (Lipinski definition) is 2. The number of nitrogens with one attached hydrogen (secondary N) is 2. The van der Waals surface area contributed by atoms with Crippen molar-refractivity contribution in [2.45, 2.75) is 51.1 Å². The van der Waals surface area contributed by atoms with Crippen molar-refractivity contribution in [2.24, 2.45) is 0 Å². The van der Waals surface area contributed by atoms with Gasteiger partial charge in [-0.2, -0.15) is 17.4 Å². The highest BCUT2D eigenvalue weighted by Gasteiger charge is 2.56. The van der Waals surface area contributed by atoms with E-state index in [1.54, 1.807) is 10.6 Å². The molecule has 1 atom stereocenters. The second kappa shape index (κ2) is 6.47. The summed E-state index contributed by atoms with van der Waals surface area (Å²) in [5.41, 5.74) is 0.508. The van der Waals surface area contributed by atoms with Crippen LogP contribution in [-0.4, -0.2) is 58.9 Å². The molecule has 9 heteroatoms. The monoisotopic (exact) mass is 378 g/mol. The fourth-order valence-corrected chi connectivity index (χ4v) is 5.82. The molecule has 0 aromatic carbocycles. The van der Waals surface area contributed by atoms with E-state index < -0.39 is 10.2 Å². The van der Waals surface area contributed by atoms with E-state index in [4.69, 9.17) is 0 Å². The van der Waals surface area contributed by atoms with Gasteiger partial charge in [-0.3, -0.25) is 0 Å². The molecule has 2 fully saturated rings. The largest absolute Gasteiger partial charge is 0.353 e. The van der Waals surface area contributed by atoms with E-state index in [1.165, 1.54) is 0 Å². The van der Waals surface area contributed by atoms with Crippen molar-refractivity contribution in [3.63, 3.8) is 0 Å². The number of anilines is 1. The lowest BCUT2D eigenvalue weighted by Gasteiger charge is -2.42. The Morgan fingerprint density at radius 3 is 2.88 bits per heavy atom. The van der Waals surface area contributed by atoms with Crippen molar-refractivity contribution in [1.29, 1.82) is 0 Å². The van der Waals surface area contributed by atoms with Gasteiger partial charge in [0.05, 0.1) is 10.9 Å². The molecule has 2 aromatic heterocycles. The Labute approximate surface area is 154 Å². The van der Waals surface area contributed by atoms with Crippen LogP contribution in [0.5, 0.6) is 0 Å². The molecule has 1 aliphatic carbocycles. The first-order valence-electron chi connectivity index (χ1n) is 9.28. The fraction of sp³-hybridized carbons (Fsp3) is 0.647. The number of aromatic nitrogens is 3. The number of H-pyrrole nitrogens is 1. The maximum atomic E-state index is 12.9. The lowest BCUT2D eigenvalue weighted by Crippen LogP contribution is -2.60. The van der Waals surface area contributed by atoms with Crippen molar-refractivity contribution in [3.05, 3.63) is 18.6 Å². The van der Waals surface area contributed by atoms with Gasteiger partial charge in [-0.15, -0.1) is 0 Å². The summed E-state index contributed by atoms with van der Waals surface area (Å²) in [6, 6.07) is 1.93. The van der Waals surface area contributed by atoms with Crippen LogP contribution in [0.15, 0.2) is 18.6 Å². The predicted molar refractivity (Wildman–Crippen MR) is 101 cm³/mol. The van der Waals surface area contributed by atoms with Gasteiger partial charge in [-0.05, 0) is 32.3 Å². The molecular weight excluding hydrogens is 352 g/mol. The van der Waals surface area contributed by atoms with Crippen LogP contribution in [0, 0.1) is 0 Å². The molecule has 0 radical (unpaired) electrons. The van der Waals surface area contributed by atoms with Crippen LogP contribution in [0.1, 0.15) is 39.5 Å². The van der Waals surface area contributed by atoms with E-state index in [0.29, 0.717) is 19.6 Å². The second-order valence-corrected chi connectivity index (χ2v) is 9.09. The maximum Gasteiger partial charge on any atom is 0.280 e. The molecule has 2 N–H and O–H groups in total. The van der Waals surface area contributed by atoms with Gasteiger partial charge in [-0.1, -0.05) is 13.3 Å². The van der Waals surface area contributed by atoms with Crippen LogP contribution < -0.4 is 9.62 Å². The average molecular weight is 379 g/mol. The number of fused-ring (bicyclic) bond motifs is 1. The molecule has 26 heavy (non-hydrogen) atoms. The van der Waals surface area contributed by atoms with Gasteiger partial charge in [0.25, 0.3) is 10.2 Å². The zero-order valence-electron chi connectivity index (χ0n) is 15.3. The summed E-state index contributed by atoms with van der Waals surface area (Å²) in [7, 11) is -3.47. The standard InChI is InChI=1S/C17H26N6O2S/c1-3-4-13(2)21-26(24,25)23-10-9-22(11-17(23)6-7-17)16-14-5-8-18-15(14)19-12-20-16/h5,8,12-13,21H,3-4,6-7,9-11H2,1-2H3,(H,18,19,20). The summed E-state index contributed by atoms with van der Waals surface area (Å²) in [5.74, 6) is 0.881. The quantitative estimate of drug-likeness (QED) is 0.797. The van der Waals surface area contributed by atoms with Gasteiger partial charge < -0.3 is 9.88 Å². The number of nitrogens with zero attached hydrogens (tertiary/aromatic N) is 4. The first kappa shape index (κ1) is 17.7. The maximum absolute atomic E-state index is 12.9. The van der Waals surface area contributed by atoms with E-state index >= 15 is 0 Å². The average Bonchev–Trinajstić information content (AvgIpc) is 3.17. The van der Waals surface area contributed by atoms with E-state index in [1.807, 2.05) is 19.2 Å². The molecular formula is C17H26N6O2S. The summed E-state index contributed by atoms with van der Waals surface area (Å²) in [4.78, 5) is 14.0. The van der Waals surface area contributed by atoms with Crippen LogP contribution in [0.3, 0.4) is 0 Å². The van der Waals surface area contributed by atoms with E-state index in [2.05, 4.69) is 31.5 Å². The minimum absolute atomic E-state index is 0.0415. The summed E-state index contributed by atoms with van der Waals surface area (Å²) in [5, 5.41) is 0.981. The SMILES string of the molecule is CCCC(C)NS(=O)(=O)N1CCN(c2ncnc3[nH]ccc23)CC12CC2. The minimum Gasteiger partial charge on any atom is -0.353 e. The van der Waals surface area contributed by atoms with Crippen LogP contribution in [0.2, 0.25) is 0 Å². The van der Waals surface area contributed by atoms with Gasteiger partial charge in [0.1, 0.15) is 17.8 Å². The van der Waals surface area contributed by atoms with Crippen LogP contribution in [-0.2, 0) is 10.2 Å². The molecule has 2 aromatic rings. The first-order valence-corrected chi connectivity index (χ1v) is 10.7. The minimum atomic E-state index is -3.47. The zero-order valence-corrected chi connectivity index (χ0v) is 16.1. The summed E-state index contributed by atoms with van der Waals surface area (Å²) in [6.07, 6.45) is 7.02. The van der Waals surface area contributed by atoms with E-state index in [0.717, 1.165) is 42.5 Å². The molecule has 1 saturated heterocycles. The highest BCUT2D eigenvalue weighted by molar-refractivity contribution is 7.87. The Morgan fingerprint density at radius 2 is 2.15 bits per heavy atom. The van der Waals surface area contributed by atoms with Crippen LogP contribution >= 0.6 is 0 Å². The Morgan fingerprint density at radius 1 is 1.35 bits per heavy atom. The van der Waals surface area contributed by atoms with Gasteiger partial charge >= 0.3 is 0 Å². The smallest absolute Gasteiger partial charge is 0.280 e. The molecule has 4 rings (SSSR count). The fourth-order valence-electron chi connectivity index (χ4n) is 3.99. The summed E-state index contributed by atoms with van der Waals surface area (Å²) < 4.78 is 30.4. The number of piperazine rings is 1. The van der Waals surface area contributed by atoms with Gasteiger partial charge in [0, 0.05) is 31.9 Å². The van der Waals surface area contributed by atoms with Gasteiger partial charge in [0.15, 0.2) is 0 Å². The van der Waals surface area contributed by atoms with Gasteiger partial charge in [0.2, 0.25) is 0 Å². The highest BCUT2D eigenvalue weighted by atomic mass is 32.2. The number of hydrogen-bond acceptors (Lipinski definition) is 5. The molecule has 0 bridgehead atoms. The number of aromatic amines is 1. The molecule has 1 aliphatic heterocycles. The predicted octanol–water partition coefficient (Wildman–Crippen LogP) is 1.64. The van der Waals surface area contributed by atoms with Crippen molar-refractivity contribution >= 4 is 27.1 Å². The van der Waals surface area contributed by atoms with Gasteiger partial charge in [-0.25, -0.2) is 9.97 Å². The molecule has 1 unspecified atom stereocenters. The zero-order chi connectivity index (χ0) is 18.4. The van der Waals surface area contributed by atoms with E-state index in [9.17, 15) is 8.42 Å². The van der Waals surface area contributed by atoms with Crippen LogP contribution in [0.4, 0.5) is 5.82 Å². The summed E-state index contributed by atoms with van der Waals surface area (Å²) >= 11 is 0. The Bertz CT molecular complexity index is 892. The van der Waals surface area contributed by atoms with Crippen LogP contribution in [0.25, 0.3) is 11.0 Å². The van der Waals surface area contributed by atoms with E-state index in [-0.39, 0.29) is 11.6 Å². The highest BCUT2D eigenvalue weighted by Crippen LogP contribution is 2.46. The lowest BCUT2D eigenvalue weighted by atomic mass is 10.2. The third kappa shape index (κ3) is 3.08. The molecule has 0 amide bonds. The summed E-state index contributed by atoms with van der Waals surface area (Å²) in [6.45, 7) is 5.77. The number of rotatable bonds is 6. The molecule has 3 heterocycles. The lowest BCUT2D eigenvalue weighted by molar-refractivity contribution is 0.265. The third-order valence-corrected chi connectivity index (χ3v) is 7.26. The topological polar surface area (TPSA) is 94.2 Å². The second-order valence-electron chi connectivity index (χ2n) is 7.47. The molecule has 8 nitrogen and oxygen atoms in total. The Kier molecular flexibility index (Phi) is 4.40. The Hall–Kier alpha value is -1.71. The van der Waals surface area contributed by atoms with Crippen molar-refractivity contribution in [2.75, 3.05) is 24.5 Å². The van der Waals surface area contributed by atoms with Crippen molar-refractivity contribution in [1.82, 2.24) is 24.0 Å². The molecule has 2 aliphatic rings. The first-order chi connectivity index (χ1) is 12.5. The van der Waals surface area contributed by atoms with Crippen molar-refractivity contribution in [3.8, 4) is 0 Å². The molecule has 1 spiro atoms. The van der Waals surface area contributed by atoms with Crippen molar-refractivity contribution < 1.29 is 8.42 Å².